The molecule has 0 atom stereocenters. The Labute approximate surface area is 89.8 Å². The molecule has 1 aromatic carbocycles. The summed E-state index contributed by atoms with van der Waals surface area (Å²) in [6.07, 6.45) is 0. The maximum absolute atomic E-state index is 11.1. The molecule has 0 spiro atoms. The Morgan fingerprint density at radius 3 is 2.73 bits per heavy atom. The number of carbonyl (C=O) groups excluding carboxylic acids is 1. The summed E-state index contributed by atoms with van der Waals surface area (Å²) in [7, 11) is 1.35. The molecule has 0 bridgehead atoms. The van der Waals surface area contributed by atoms with Crippen LogP contribution in [0.3, 0.4) is 0 Å². The first-order valence-electron chi connectivity index (χ1n) is 4.70. The van der Waals surface area contributed by atoms with Crippen LogP contribution in [0.15, 0.2) is 36.4 Å². The third-order valence-electron chi connectivity index (χ3n) is 2.11. The van der Waals surface area contributed by atoms with Crippen LogP contribution < -0.4 is 5.32 Å². The van der Waals surface area contributed by atoms with Gasteiger partial charge in [0.05, 0.1) is 7.11 Å². The summed E-state index contributed by atoms with van der Waals surface area (Å²) >= 11 is 0. The molecule has 80 valence electrons. The summed E-state index contributed by atoms with van der Waals surface area (Å²) < 4.78 is 4.55. The molecule has 0 fully saturated rings. The zero-order chi connectivity index (χ0) is 11.3. The van der Waals surface area contributed by atoms with Crippen LogP contribution in [0, 0.1) is 6.92 Å². The van der Waals surface area contributed by atoms with Gasteiger partial charge in [-0.2, -0.15) is 0 Å². The lowest BCUT2D eigenvalue weighted by Gasteiger charge is -2.09. The Morgan fingerprint density at radius 1 is 1.47 bits per heavy atom. The maximum atomic E-state index is 11.1. The van der Waals surface area contributed by atoms with Gasteiger partial charge >= 0.3 is 5.97 Å². The molecule has 0 aliphatic heterocycles. The molecule has 0 aliphatic rings. The van der Waals surface area contributed by atoms with Crippen LogP contribution in [-0.2, 0) is 9.53 Å². The number of ether oxygens (including phenoxy) is 1. The highest BCUT2D eigenvalue weighted by Gasteiger charge is 2.06. The van der Waals surface area contributed by atoms with Gasteiger partial charge in [-0.3, -0.25) is 0 Å². The fraction of sp³-hybridized carbons (Fsp3) is 0.250. The molecule has 1 aromatic rings. The molecule has 1 rings (SSSR count). The Bertz CT molecular complexity index is 372. The second-order valence-electron chi connectivity index (χ2n) is 3.26. The number of carbonyl (C=O) groups is 1. The summed E-state index contributed by atoms with van der Waals surface area (Å²) in [5.74, 6) is -0.379. The predicted octanol–water partition coefficient (Wildman–Crippen LogP) is 2.14. The lowest BCUT2D eigenvalue weighted by atomic mass is 10.2. The monoisotopic (exact) mass is 205 g/mol. The fourth-order valence-corrected chi connectivity index (χ4v) is 1.19. The number of aryl methyl sites for hydroxylation is 1. The molecular weight excluding hydrogens is 190 g/mol. The van der Waals surface area contributed by atoms with E-state index in [0.717, 1.165) is 11.3 Å². The highest BCUT2D eigenvalue weighted by atomic mass is 16.5. The molecule has 3 heteroatoms. The third-order valence-corrected chi connectivity index (χ3v) is 2.11. The molecule has 0 aromatic heterocycles. The van der Waals surface area contributed by atoms with Crippen LogP contribution in [0.25, 0.3) is 0 Å². The highest BCUT2D eigenvalue weighted by Crippen LogP contribution is 2.13. The summed E-state index contributed by atoms with van der Waals surface area (Å²) in [6, 6.07) is 7.87. The molecule has 0 saturated heterocycles. The number of hydrogen-bond acceptors (Lipinski definition) is 3. The van der Waals surface area contributed by atoms with Crippen molar-refractivity contribution in [1.29, 1.82) is 0 Å². The standard InChI is InChI=1S/C12H15NO2/c1-9-6-4-5-7-11(9)13-8-10(2)12(14)15-3/h4-7,13H,2,8H2,1,3H3. The van der Waals surface area contributed by atoms with Crippen molar-refractivity contribution < 1.29 is 9.53 Å². The number of benzene rings is 1. The lowest BCUT2D eigenvalue weighted by Crippen LogP contribution is -2.13. The van der Waals surface area contributed by atoms with E-state index in [4.69, 9.17) is 0 Å². The molecule has 0 heterocycles. The van der Waals surface area contributed by atoms with Crippen molar-refractivity contribution in [2.24, 2.45) is 0 Å². The molecule has 0 unspecified atom stereocenters. The largest absolute Gasteiger partial charge is 0.466 e. The SMILES string of the molecule is C=C(CNc1ccccc1C)C(=O)OC. The minimum Gasteiger partial charge on any atom is -0.466 e. The van der Waals surface area contributed by atoms with Crippen LogP contribution in [0.1, 0.15) is 5.56 Å². The van der Waals surface area contributed by atoms with Crippen LogP contribution in [0.2, 0.25) is 0 Å². The van der Waals surface area contributed by atoms with Gasteiger partial charge in [-0.15, -0.1) is 0 Å². The normalized spacial score (nSPS) is 9.47. The maximum Gasteiger partial charge on any atom is 0.334 e. The molecule has 1 N–H and O–H groups in total. The predicted molar refractivity (Wildman–Crippen MR) is 60.8 cm³/mol. The zero-order valence-electron chi connectivity index (χ0n) is 9.04. The van der Waals surface area contributed by atoms with Gasteiger partial charge in [-0.25, -0.2) is 4.79 Å². The third kappa shape index (κ3) is 3.13. The quantitative estimate of drug-likeness (QED) is 0.604. The first-order valence-corrected chi connectivity index (χ1v) is 4.70. The van der Waals surface area contributed by atoms with Crippen LogP contribution in [0.5, 0.6) is 0 Å². The van der Waals surface area contributed by atoms with Crippen molar-refractivity contribution in [2.45, 2.75) is 6.92 Å². The lowest BCUT2D eigenvalue weighted by molar-refractivity contribution is -0.136. The molecular formula is C12H15NO2. The topological polar surface area (TPSA) is 38.3 Å². The summed E-state index contributed by atoms with van der Waals surface area (Å²) in [4.78, 5) is 11.1. The highest BCUT2D eigenvalue weighted by molar-refractivity contribution is 5.88. The summed E-state index contributed by atoms with van der Waals surface area (Å²) in [5.41, 5.74) is 2.55. The van der Waals surface area contributed by atoms with E-state index in [1.54, 1.807) is 0 Å². The number of para-hydroxylation sites is 1. The van der Waals surface area contributed by atoms with Crippen LogP contribution in [-0.4, -0.2) is 19.6 Å². The van der Waals surface area contributed by atoms with Crippen LogP contribution in [0.4, 0.5) is 5.69 Å². The first-order chi connectivity index (χ1) is 7.15. The van der Waals surface area contributed by atoms with Gasteiger partial charge in [0.2, 0.25) is 0 Å². The smallest absolute Gasteiger partial charge is 0.334 e. The Hall–Kier alpha value is -1.77. The van der Waals surface area contributed by atoms with E-state index < -0.39 is 0 Å². The van der Waals surface area contributed by atoms with E-state index in [9.17, 15) is 4.79 Å². The van der Waals surface area contributed by atoms with E-state index in [0.29, 0.717) is 12.1 Å². The van der Waals surface area contributed by atoms with Crippen molar-refractivity contribution in [3.63, 3.8) is 0 Å². The number of hydrogen-bond donors (Lipinski definition) is 1. The Kier molecular flexibility index (Phi) is 3.92. The van der Waals surface area contributed by atoms with Crippen molar-refractivity contribution in [3.05, 3.63) is 42.0 Å². The van der Waals surface area contributed by atoms with Gasteiger partial charge in [-0.05, 0) is 18.6 Å². The second-order valence-corrected chi connectivity index (χ2v) is 3.26. The molecule has 15 heavy (non-hydrogen) atoms. The molecule has 0 saturated carbocycles. The van der Waals surface area contributed by atoms with Gasteiger partial charge < -0.3 is 10.1 Å². The average molecular weight is 205 g/mol. The number of esters is 1. The minimum absolute atomic E-state index is 0.379. The summed E-state index contributed by atoms with van der Waals surface area (Å²) in [6.45, 7) is 6.04. The van der Waals surface area contributed by atoms with E-state index in [1.807, 2.05) is 31.2 Å². The van der Waals surface area contributed by atoms with E-state index in [2.05, 4.69) is 16.6 Å². The van der Waals surface area contributed by atoms with Gasteiger partial charge in [0, 0.05) is 17.8 Å². The summed E-state index contributed by atoms with van der Waals surface area (Å²) in [5, 5.41) is 3.13. The second kappa shape index (κ2) is 5.20. The minimum atomic E-state index is -0.379. The zero-order valence-corrected chi connectivity index (χ0v) is 9.04. The van der Waals surface area contributed by atoms with Gasteiger partial charge in [0.1, 0.15) is 0 Å². The number of rotatable bonds is 4. The van der Waals surface area contributed by atoms with E-state index in [1.165, 1.54) is 7.11 Å². The van der Waals surface area contributed by atoms with Crippen molar-refractivity contribution in [3.8, 4) is 0 Å². The average Bonchev–Trinajstić information content (AvgIpc) is 2.26. The Morgan fingerprint density at radius 2 is 2.13 bits per heavy atom. The fourth-order valence-electron chi connectivity index (χ4n) is 1.19. The Balaban J connectivity index is 2.54. The molecule has 3 nitrogen and oxygen atoms in total. The number of methoxy groups -OCH3 is 1. The molecule has 0 aliphatic carbocycles. The van der Waals surface area contributed by atoms with E-state index in [-0.39, 0.29) is 5.97 Å². The first kappa shape index (κ1) is 11.3. The number of nitrogens with one attached hydrogen (secondary N) is 1. The van der Waals surface area contributed by atoms with Crippen molar-refractivity contribution >= 4 is 11.7 Å². The van der Waals surface area contributed by atoms with Crippen molar-refractivity contribution in [1.82, 2.24) is 0 Å². The van der Waals surface area contributed by atoms with Crippen molar-refractivity contribution in [2.75, 3.05) is 19.0 Å². The van der Waals surface area contributed by atoms with Crippen LogP contribution >= 0.6 is 0 Å². The molecule has 0 radical (unpaired) electrons. The number of anilines is 1. The molecule has 0 amide bonds. The van der Waals surface area contributed by atoms with Gasteiger partial charge in [0.15, 0.2) is 0 Å². The van der Waals surface area contributed by atoms with Gasteiger partial charge in [0.25, 0.3) is 0 Å². The van der Waals surface area contributed by atoms with E-state index >= 15 is 0 Å². The van der Waals surface area contributed by atoms with Gasteiger partial charge in [-0.1, -0.05) is 24.8 Å².